The van der Waals surface area contributed by atoms with Crippen molar-refractivity contribution >= 4 is 19.8 Å². The number of carbonyl (C=O) groups is 2. The smallest absolute Gasteiger partial charge is 0.462 e. The van der Waals surface area contributed by atoms with Crippen LogP contribution in [0.5, 0.6) is 0 Å². The van der Waals surface area contributed by atoms with Gasteiger partial charge in [-0.3, -0.25) is 18.6 Å². The van der Waals surface area contributed by atoms with E-state index in [0.717, 1.165) is 19.3 Å². The van der Waals surface area contributed by atoms with Gasteiger partial charge in [-0.25, -0.2) is 4.57 Å². The Morgan fingerprint density at radius 1 is 0.491 bits per heavy atom. The molecule has 0 amide bonds. The molecule has 0 aliphatic heterocycles. The zero-order valence-electron chi connectivity index (χ0n) is 34.2. The third kappa shape index (κ3) is 25.7. The molecule has 0 bridgehead atoms. The van der Waals surface area contributed by atoms with Gasteiger partial charge in [0, 0.05) is 12.8 Å². The number of ether oxygens (including phenoxy) is 2. The van der Waals surface area contributed by atoms with Gasteiger partial charge in [-0.15, -0.1) is 0 Å². The van der Waals surface area contributed by atoms with Gasteiger partial charge in [-0.05, 0) is 12.8 Å². The number of rotatable bonds is 36. The number of esters is 2. The number of aliphatic hydroxyl groups excluding tert-OH is 5. The lowest BCUT2D eigenvalue weighted by Gasteiger charge is -2.41. The van der Waals surface area contributed by atoms with Gasteiger partial charge < -0.3 is 39.9 Å². The van der Waals surface area contributed by atoms with Crippen LogP contribution in [0.3, 0.4) is 0 Å². The molecule has 0 aromatic carbocycles. The van der Waals surface area contributed by atoms with Crippen molar-refractivity contribution < 1.29 is 63.1 Å². The molecule has 14 heteroatoms. The fraction of sp³-hybridized carbons (Fsp3) is 0.951. The van der Waals surface area contributed by atoms with Crippen molar-refractivity contribution in [3.8, 4) is 0 Å². The largest absolute Gasteiger partial charge is 0.472 e. The van der Waals surface area contributed by atoms with Crippen molar-refractivity contribution in [1.82, 2.24) is 0 Å². The van der Waals surface area contributed by atoms with Gasteiger partial charge in [-0.1, -0.05) is 168 Å². The van der Waals surface area contributed by atoms with E-state index in [9.17, 15) is 44.6 Å². The number of aliphatic hydroxyl groups is 5. The van der Waals surface area contributed by atoms with E-state index in [4.69, 9.17) is 18.5 Å². The topological polar surface area (TPSA) is 210 Å². The second kappa shape index (κ2) is 32.8. The molecule has 1 aliphatic rings. The van der Waals surface area contributed by atoms with Gasteiger partial charge in [0.2, 0.25) is 0 Å². The van der Waals surface area contributed by atoms with E-state index in [-0.39, 0.29) is 12.8 Å². The molecule has 326 valence electrons. The van der Waals surface area contributed by atoms with Gasteiger partial charge in [-0.2, -0.15) is 0 Å². The lowest BCUT2D eigenvalue weighted by atomic mass is 9.85. The summed E-state index contributed by atoms with van der Waals surface area (Å²) in [6.07, 6.45) is 19.9. The Balaban J connectivity index is 2.09. The number of phosphoric acid groups is 1. The number of phosphoric ester groups is 1. The van der Waals surface area contributed by atoms with Crippen LogP contribution in [0, 0.1) is 0 Å². The zero-order valence-corrected chi connectivity index (χ0v) is 35.1. The highest BCUT2D eigenvalue weighted by Gasteiger charge is 2.51. The Morgan fingerprint density at radius 3 is 1.24 bits per heavy atom. The summed E-state index contributed by atoms with van der Waals surface area (Å²) in [5, 5.41) is 49.5. The van der Waals surface area contributed by atoms with E-state index in [1.54, 1.807) is 6.92 Å². The molecule has 55 heavy (non-hydrogen) atoms. The monoisotopic (exact) mass is 811 g/mol. The summed E-state index contributed by atoms with van der Waals surface area (Å²) in [5.74, 6) is -1.15. The molecule has 0 spiro atoms. The first kappa shape index (κ1) is 51.9. The average Bonchev–Trinajstić information content (AvgIpc) is 3.16. The van der Waals surface area contributed by atoms with E-state index in [1.807, 2.05) is 0 Å². The van der Waals surface area contributed by atoms with Crippen LogP contribution in [-0.2, 0) is 32.7 Å². The lowest BCUT2D eigenvalue weighted by molar-refractivity contribution is -0.220. The van der Waals surface area contributed by atoms with Crippen LogP contribution < -0.4 is 0 Å². The fourth-order valence-electron chi connectivity index (χ4n) is 6.91. The molecule has 1 fully saturated rings. The van der Waals surface area contributed by atoms with Crippen LogP contribution >= 0.6 is 7.82 Å². The van der Waals surface area contributed by atoms with E-state index < -0.39 is 75.7 Å². The van der Waals surface area contributed by atoms with Crippen molar-refractivity contribution in [3.05, 3.63) is 0 Å². The predicted octanol–water partition coefficient (Wildman–Crippen LogP) is 7.72. The molecule has 6 N–H and O–H groups in total. The summed E-state index contributed by atoms with van der Waals surface area (Å²) < 4.78 is 32.7. The Bertz CT molecular complexity index is 985. The van der Waals surface area contributed by atoms with Gasteiger partial charge in [0.25, 0.3) is 0 Å². The molecule has 0 aromatic rings. The summed E-state index contributed by atoms with van der Waals surface area (Å²) in [6.45, 7) is 2.86. The van der Waals surface area contributed by atoms with Crippen LogP contribution in [0.4, 0.5) is 0 Å². The zero-order chi connectivity index (χ0) is 40.7. The van der Waals surface area contributed by atoms with Crippen LogP contribution in [0.15, 0.2) is 0 Å². The lowest BCUT2D eigenvalue weighted by Crippen LogP contribution is -2.64. The molecule has 0 aromatic heterocycles. The third-order valence-electron chi connectivity index (χ3n) is 10.4. The Kier molecular flexibility index (Phi) is 30.9. The highest BCUT2D eigenvalue weighted by Crippen LogP contribution is 2.47. The van der Waals surface area contributed by atoms with Gasteiger partial charge in [0.05, 0.1) is 6.61 Å². The quantitative estimate of drug-likeness (QED) is 0.0204. The van der Waals surface area contributed by atoms with Crippen LogP contribution in [0.2, 0.25) is 0 Å². The maximum atomic E-state index is 12.6. The summed E-state index contributed by atoms with van der Waals surface area (Å²) in [6, 6.07) is 0. The molecule has 0 radical (unpaired) electrons. The first-order chi connectivity index (χ1) is 26.4. The Morgan fingerprint density at radius 2 is 0.855 bits per heavy atom. The molecule has 0 heterocycles. The normalized spacial score (nSPS) is 23.0. The standard InChI is InChI=1S/C41H79O13P/c1-3-5-6-7-8-9-10-11-12-13-14-15-16-17-18-19-20-21-22-23-24-25-26-27-28-30-34(42)51-31-33(53-35(43)29-4-2)32-52-55(49,50)54-41-39(47)37(45)36(44)38(46)40(41)48/h33,36-41,44-48H,3-32H2,1-2H3,(H,49,50)/t33-,36?,37-,38?,39?,40?,41?/m1/s1. The van der Waals surface area contributed by atoms with E-state index in [0.29, 0.717) is 12.8 Å². The van der Waals surface area contributed by atoms with Gasteiger partial charge in [0.1, 0.15) is 43.2 Å². The second-order valence-electron chi connectivity index (χ2n) is 15.6. The van der Waals surface area contributed by atoms with E-state index in [2.05, 4.69) is 6.92 Å². The molecular weight excluding hydrogens is 731 g/mol. The summed E-state index contributed by atoms with van der Waals surface area (Å²) in [5.41, 5.74) is 0. The second-order valence-corrected chi connectivity index (χ2v) is 17.0. The number of hydrogen-bond donors (Lipinski definition) is 6. The number of carbonyl (C=O) groups excluding carboxylic acids is 2. The molecule has 0 saturated heterocycles. The molecule has 1 rings (SSSR count). The number of hydrogen-bond acceptors (Lipinski definition) is 12. The van der Waals surface area contributed by atoms with Crippen molar-refractivity contribution in [3.63, 3.8) is 0 Å². The van der Waals surface area contributed by atoms with Crippen molar-refractivity contribution in [2.45, 2.75) is 236 Å². The van der Waals surface area contributed by atoms with Crippen molar-refractivity contribution in [2.75, 3.05) is 13.2 Å². The maximum absolute atomic E-state index is 12.6. The molecule has 6 unspecified atom stereocenters. The Labute approximate surface area is 331 Å². The van der Waals surface area contributed by atoms with Crippen LogP contribution in [-0.4, -0.2) is 98.3 Å². The molecule has 1 aliphatic carbocycles. The molecule has 1 saturated carbocycles. The van der Waals surface area contributed by atoms with Crippen molar-refractivity contribution in [2.24, 2.45) is 0 Å². The van der Waals surface area contributed by atoms with Gasteiger partial charge in [0.15, 0.2) is 6.10 Å². The first-order valence-electron chi connectivity index (χ1n) is 21.8. The van der Waals surface area contributed by atoms with E-state index >= 15 is 0 Å². The number of unbranched alkanes of at least 4 members (excludes halogenated alkanes) is 24. The van der Waals surface area contributed by atoms with Gasteiger partial charge >= 0.3 is 19.8 Å². The minimum Gasteiger partial charge on any atom is -0.462 e. The summed E-state index contributed by atoms with van der Waals surface area (Å²) in [4.78, 5) is 34.6. The SMILES string of the molecule is CCCCCCCCCCCCCCCCCCCCCCCCCCCC(=O)OC[C@H](COP(=O)(O)OC1C(O)C(O)C(O)[C@@H](O)C1O)OC(=O)CCC. The predicted molar refractivity (Wildman–Crippen MR) is 212 cm³/mol. The molecular formula is C41H79O13P. The highest BCUT2D eigenvalue weighted by molar-refractivity contribution is 7.47. The third-order valence-corrected chi connectivity index (χ3v) is 11.4. The molecule has 13 nitrogen and oxygen atoms in total. The minimum atomic E-state index is -5.08. The average molecular weight is 811 g/mol. The summed E-state index contributed by atoms with van der Waals surface area (Å²) in [7, 11) is -5.08. The minimum absolute atomic E-state index is 0.0514. The molecule has 8 atom stereocenters. The van der Waals surface area contributed by atoms with E-state index in [1.165, 1.54) is 135 Å². The summed E-state index contributed by atoms with van der Waals surface area (Å²) >= 11 is 0. The highest BCUT2D eigenvalue weighted by atomic mass is 31.2. The van der Waals surface area contributed by atoms with Crippen LogP contribution in [0.1, 0.15) is 194 Å². The fourth-order valence-corrected chi connectivity index (χ4v) is 7.89. The Hall–Kier alpha value is -1.15. The maximum Gasteiger partial charge on any atom is 0.472 e. The first-order valence-corrected chi connectivity index (χ1v) is 23.3. The van der Waals surface area contributed by atoms with Crippen molar-refractivity contribution in [1.29, 1.82) is 0 Å². The van der Waals surface area contributed by atoms with Crippen LogP contribution in [0.25, 0.3) is 0 Å².